The van der Waals surface area contributed by atoms with E-state index in [9.17, 15) is 13.9 Å². The van der Waals surface area contributed by atoms with Crippen molar-refractivity contribution in [1.29, 1.82) is 0 Å². The van der Waals surface area contributed by atoms with E-state index in [1.165, 1.54) is 24.3 Å². The molecule has 1 saturated heterocycles. The van der Waals surface area contributed by atoms with Crippen LogP contribution in [0.4, 0.5) is 8.78 Å². The number of benzene rings is 2. The predicted molar refractivity (Wildman–Crippen MR) is 94.0 cm³/mol. The fourth-order valence-corrected chi connectivity index (χ4v) is 3.80. The Morgan fingerprint density at radius 3 is 1.76 bits per heavy atom. The minimum Gasteiger partial charge on any atom is -0.380 e. The zero-order valence-electron chi connectivity index (χ0n) is 14.2. The fraction of sp³-hybridized carbons (Fsp3) is 0.400. The highest BCUT2D eigenvalue weighted by Crippen LogP contribution is 2.42. The summed E-state index contributed by atoms with van der Waals surface area (Å²) in [5, 5.41) is 11.7. The molecule has 1 fully saturated rings. The van der Waals surface area contributed by atoms with Crippen molar-refractivity contribution in [2.24, 2.45) is 11.7 Å². The maximum absolute atomic E-state index is 13.4. The number of hydrogen-bond acceptors (Lipinski definition) is 3. The normalized spacial score (nSPS) is 17.0. The van der Waals surface area contributed by atoms with Gasteiger partial charge in [0.25, 0.3) is 0 Å². The van der Waals surface area contributed by atoms with Gasteiger partial charge in [0.15, 0.2) is 0 Å². The van der Waals surface area contributed by atoms with E-state index in [1.54, 1.807) is 24.3 Å². The molecule has 0 radical (unpaired) electrons. The number of likely N-dealkylation sites (tertiary alicyclic amines) is 1. The molecule has 0 aliphatic carbocycles. The first-order valence-electron chi connectivity index (χ1n) is 8.71. The van der Waals surface area contributed by atoms with Crippen molar-refractivity contribution < 1.29 is 13.9 Å². The first-order chi connectivity index (χ1) is 12.0. The Bertz CT molecular complexity index is 634. The van der Waals surface area contributed by atoms with Crippen molar-refractivity contribution in [3.8, 4) is 0 Å². The molecule has 2 aromatic rings. The molecule has 1 aliphatic heterocycles. The highest BCUT2D eigenvalue weighted by molar-refractivity contribution is 5.37. The Labute approximate surface area is 147 Å². The van der Waals surface area contributed by atoms with Gasteiger partial charge in [0.1, 0.15) is 17.2 Å². The molecule has 0 saturated carbocycles. The molecule has 0 unspecified atom stereocenters. The number of hydrogen-bond donors (Lipinski definition) is 2. The zero-order valence-corrected chi connectivity index (χ0v) is 14.2. The van der Waals surface area contributed by atoms with Crippen LogP contribution in [0.15, 0.2) is 48.5 Å². The van der Waals surface area contributed by atoms with Crippen LogP contribution in [0.5, 0.6) is 0 Å². The van der Waals surface area contributed by atoms with Crippen molar-refractivity contribution >= 4 is 0 Å². The van der Waals surface area contributed by atoms with E-state index in [0.29, 0.717) is 17.7 Å². The zero-order chi connectivity index (χ0) is 17.9. The van der Waals surface area contributed by atoms with E-state index in [2.05, 4.69) is 4.90 Å². The molecule has 5 heteroatoms. The lowest BCUT2D eigenvalue weighted by Crippen LogP contribution is -2.45. The smallest absolute Gasteiger partial charge is 0.123 e. The standard InChI is InChI=1S/C20H24F2N2O/c21-18-5-1-15(2-6-18)20(25,16-3-7-19(22)8-4-16)17-9-12-24(13-10-17)14-11-23/h1-8,17,25H,9-14,23H2. The van der Waals surface area contributed by atoms with Gasteiger partial charge in [0.2, 0.25) is 0 Å². The number of halogens is 2. The van der Waals surface area contributed by atoms with Gasteiger partial charge in [-0.3, -0.25) is 0 Å². The first kappa shape index (κ1) is 18.0. The minimum atomic E-state index is -1.27. The summed E-state index contributed by atoms with van der Waals surface area (Å²) in [5.41, 5.74) is 5.63. The van der Waals surface area contributed by atoms with E-state index in [4.69, 9.17) is 5.73 Å². The Kier molecular flexibility index (Phi) is 5.47. The summed E-state index contributed by atoms with van der Waals surface area (Å²) >= 11 is 0. The van der Waals surface area contributed by atoms with Crippen LogP contribution in [0.3, 0.4) is 0 Å². The molecule has 3 N–H and O–H groups in total. The summed E-state index contributed by atoms with van der Waals surface area (Å²) in [5.74, 6) is -0.719. The largest absolute Gasteiger partial charge is 0.380 e. The quantitative estimate of drug-likeness (QED) is 0.875. The van der Waals surface area contributed by atoms with E-state index in [1.807, 2.05) is 0 Å². The molecule has 134 valence electrons. The molecular weight excluding hydrogens is 322 g/mol. The summed E-state index contributed by atoms with van der Waals surface area (Å²) < 4.78 is 26.7. The Morgan fingerprint density at radius 1 is 0.920 bits per heavy atom. The monoisotopic (exact) mass is 346 g/mol. The third-order valence-electron chi connectivity index (χ3n) is 5.19. The highest BCUT2D eigenvalue weighted by Gasteiger charge is 2.41. The fourth-order valence-electron chi connectivity index (χ4n) is 3.80. The molecular formula is C20H24F2N2O. The van der Waals surface area contributed by atoms with Crippen molar-refractivity contribution in [2.75, 3.05) is 26.2 Å². The van der Waals surface area contributed by atoms with Gasteiger partial charge < -0.3 is 15.7 Å². The molecule has 1 heterocycles. The first-order valence-corrected chi connectivity index (χ1v) is 8.71. The van der Waals surface area contributed by atoms with Crippen molar-refractivity contribution in [2.45, 2.75) is 18.4 Å². The van der Waals surface area contributed by atoms with Gasteiger partial charge in [-0.2, -0.15) is 0 Å². The molecule has 0 bridgehead atoms. The molecule has 2 aromatic carbocycles. The summed E-state index contributed by atoms with van der Waals surface area (Å²) in [6, 6.07) is 11.9. The summed E-state index contributed by atoms with van der Waals surface area (Å²) in [4.78, 5) is 2.28. The number of nitrogens with two attached hydrogens (primary N) is 1. The van der Waals surface area contributed by atoms with Crippen LogP contribution < -0.4 is 5.73 Å². The average molecular weight is 346 g/mol. The van der Waals surface area contributed by atoms with Gasteiger partial charge in [0.05, 0.1) is 0 Å². The second-order valence-electron chi connectivity index (χ2n) is 6.68. The Morgan fingerprint density at radius 2 is 1.36 bits per heavy atom. The molecule has 0 amide bonds. The molecule has 0 atom stereocenters. The van der Waals surface area contributed by atoms with E-state index < -0.39 is 5.60 Å². The summed E-state index contributed by atoms with van der Waals surface area (Å²) in [6.07, 6.45) is 1.59. The number of nitrogens with zero attached hydrogens (tertiary/aromatic N) is 1. The van der Waals surface area contributed by atoms with E-state index in [0.717, 1.165) is 32.5 Å². The van der Waals surface area contributed by atoms with Crippen LogP contribution in [0.25, 0.3) is 0 Å². The van der Waals surface area contributed by atoms with Gasteiger partial charge in [-0.15, -0.1) is 0 Å². The van der Waals surface area contributed by atoms with Crippen LogP contribution in [0, 0.1) is 17.6 Å². The lowest BCUT2D eigenvalue weighted by molar-refractivity contribution is -0.0138. The second-order valence-corrected chi connectivity index (χ2v) is 6.68. The van der Waals surface area contributed by atoms with Crippen molar-refractivity contribution in [3.63, 3.8) is 0 Å². The number of rotatable bonds is 5. The summed E-state index contributed by atoms with van der Waals surface area (Å²) in [7, 11) is 0. The molecule has 0 spiro atoms. The summed E-state index contributed by atoms with van der Waals surface area (Å²) in [6.45, 7) is 3.17. The third-order valence-corrected chi connectivity index (χ3v) is 5.19. The predicted octanol–water partition coefficient (Wildman–Crippen LogP) is 2.87. The van der Waals surface area contributed by atoms with Crippen LogP contribution in [-0.4, -0.2) is 36.2 Å². The van der Waals surface area contributed by atoms with Gasteiger partial charge in [0, 0.05) is 13.1 Å². The Hall–Kier alpha value is -1.82. The maximum atomic E-state index is 13.4. The van der Waals surface area contributed by atoms with Gasteiger partial charge >= 0.3 is 0 Å². The lowest BCUT2D eigenvalue weighted by atomic mass is 9.72. The highest BCUT2D eigenvalue weighted by atomic mass is 19.1. The SMILES string of the molecule is NCCN1CCC(C(O)(c2ccc(F)cc2)c2ccc(F)cc2)CC1. The molecule has 1 aliphatic rings. The van der Waals surface area contributed by atoms with Gasteiger partial charge in [-0.05, 0) is 67.2 Å². The average Bonchev–Trinajstić information content (AvgIpc) is 2.63. The lowest BCUT2D eigenvalue weighted by Gasteiger charge is -2.42. The second kappa shape index (κ2) is 7.60. The molecule has 25 heavy (non-hydrogen) atoms. The van der Waals surface area contributed by atoms with Crippen LogP contribution in [0.1, 0.15) is 24.0 Å². The van der Waals surface area contributed by atoms with E-state index in [-0.39, 0.29) is 17.6 Å². The molecule has 3 nitrogen and oxygen atoms in total. The topological polar surface area (TPSA) is 49.5 Å². The van der Waals surface area contributed by atoms with Crippen LogP contribution in [-0.2, 0) is 5.60 Å². The number of aliphatic hydroxyl groups is 1. The number of piperidine rings is 1. The van der Waals surface area contributed by atoms with Crippen molar-refractivity contribution in [1.82, 2.24) is 4.90 Å². The maximum Gasteiger partial charge on any atom is 0.123 e. The van der Waals surface area contributed by atoms with E-state index >= 15 is 0 Å². The van der Waals surface area contributed by atoms with Gasteiger partial charge in [-0.25, -0.2) is 8.78 Å². The molecule has 3 rings (SSSR count). The van der Waals surface area contributed by atoms with Crippen LogP contribution in [0.2, 0.25) is 0 Å². The van der Waals surface area contributed by atoms with Crippen molar-refractivity contribution in [3.05, 3.63) is 71.3 Å². The van der Waals surface area contributed by atoms with Gasteiger partial charge in [-0.1, -0.05) is 24.3 Å². The minimum absolute atomic E-state index is 0.0301. The third kappa shape index (κ3) is 3.73. The molecule has 0 aromatic heterocycles. The van der Waals surface area contributed by atoms with Crippen LogP contribution >= 0.6 is 0 Å². The Balaban J connectivity index is 1.95.